The zero-order valence-corrected chi connectivity index (χ0v) is 19.3. The molecule has 0 bridgehead atoms. The van der Waals surface area contributed by atoms with Crippen LogP contribution in [0, 0.1) is 6.92 Å². The van der Waals surface area contributed by atoms with E-state index in [1.807, 2.05) is 6.92 Å². The van der Waals surface area contributed by atoms with Crippen LogP contribution in [0.5, 0.6) is 0 Å². The zero-order chi connectivity index (χ0) is 25.7. The number of nitrogens with one attached hydrogen (secondary N) is 1. The minimum atomic E-state index is -4.57. The number of rotatable bonds is 5. The van der Waals surface area contributed by atoms with Crippen molar-refractivity contribution in [3.05, 3.63) is 94.9 Å². The Morgan fingerprint density at radius 1 is 1.06 bits per heavy atom. The van der Waals surface area contributed by atoms with Gasteiger partial charge in [-0.05, 0) is 61.0 Å². The number of halogens is 4. The molecule has 0 atom stereocenters. The van der Waals surface area contributed by atoms with Gasteiger partial charge in [0.05, 0.1) is 11.3 Å². The quantitative estimate of drug-likeness (QED) is 0.182. The summed E-state index contributed by atoms with van der Waals surface area (Å²) in [5.74, 6) is -0.624. The zero-order valence-electron chi connectivity index (χ0n) is 18.5. The SMILES string of the molecule is Cc1ccc(N=[N+]=NC(=O)c2cccc(C(F)(F)F)c2)cc1Nc1nccc(-c2ccc(Cl)nc2)n1. The summed E-state index contributed by atoms with van der Waals surface area (Å²) in [6.45, 7) is 1.86. The molecular formula is C24H16ClF3N7O+. The normalized spacial score (nSPS) is 10.9. The van der Waals surface area contributed by atoms with E-state index in [1.165, 1.54) is 6.07 Å². The van der Waals surface area contributed by atoms with E-state index in [0.717, 1.165) is 23.3 Å². The number of carbonyl (C=O) groups is 1. The number of carbonyl (C=O) groups excluding carboxylic acids is 1. The number of hydrogen-bond acceptors (Lipinski definition) is 6. The minimum Gasteiger partial charge on any atom is -0.324 e. The molecule has 2 aromatic heterocycles. The molecule has 0 saturated heterocycles. The van der Waals surface area contributed by atoms with E-state index in [0.29, 0.717) is 34.2 Å². The molecule has 0 aliphatic heterocycles. The first-order chi connectivity index (χ1) is 17.2. The second-order valence-corrected chi connectivity index (χ2v) is 7.82. The monoisotopic (exact) mass is 510 g/mol. The molecule has 4 aromatic rings. The Morgan fingerprint density at radius 3 is 2.64 bits per heavy atom. The van der Waals surface area contributed by atoms with Gasteiger partial charge >= 0.3 is 12.1 Å². The number of amides is 1. The van der Waals surface area contributed by atoms with Crippen molar-refractivity contribution >= 4 is 34.8 Å². The Balaban J connectivity index is 1.52. The summed E-state index contributed by atoms with van der Waals surface area (Å²) in [4.78, 5) is 28.4. The third kappa shape index (κ3) is 6.15. The van der Waals surface area contributed by atoms with Crippen LogP contribution >= 0.6 is 11.6 Å². The van der Waals surface area contributed by atoms with Crippen molar-refractivity contribution < 1.29 is 18.0 Å². The van der Waals surface area contributed by atoms with Gasteiger partial charge in [0, 0.05) is 29.2 Å². The first kappa shape index (κ1) is 24.6. The highest BCUT2D eigenvalue weighted by Crippen LogP contribution is 2.30. The summed E-state index contributed by atoms with van der Waals surface area (Å²) in [6.07, 6.45) is -1.38. The number of aryl methyl sites for hydroxylation is 1. The molecule has 12 heteroatoms. The fourth-order valence-corrected chi connectivity index (χ4v) is 3.15. The number of hydrogen-bond donors (Lipinski definition) is 1. The molecule has 36 heavy (non-hydrogen) atoms. The van der Waals surface area contributed by atoms with E-state index in [1.54, 1.807) is 48.8 Å². The van der Waals surface area contributed by atoms with E-state index < -0.39 is 17.6 Å². The minimum absolute atomic E-state index is 0.247. The van der Waals surface area contributed by atoms with Crippen LogP contribution in [0.15, 0.2) is 83.3 Å². The number of benzene rings is 2. The second kappa shape index (κ2) is 10.4. The van der Waals surface area contributed by atoms with Gasteiger partial charge in [-0.1, -0.05) is 23.7 Å². The van der Waals surface area contributed by atoms with Crippen LogP contribution in [-0.4, -0.2) is 20.9 Å². The average Bonchev–Trinajstić information content (AvgIpc) is 2.86. The number of pyridine rings is 1. The summed E-state index contributed by atoms with van der Waals surface area (Å²) < 4.78 is 38.5. The van der Waals surface area contributed by atoms with Crippen molar-refractivity contribution in [1.29, 1.82) is 0 Å². The smallest absolute Gasteiger partial charge is 0.324 e. The molecule has 8 nitrogen and oxygen atoms in total. The predicted molar refractivity (Wildman–Crippen MR) is 127 cm³/mol. The van der Waals surface area contributed by atoms with Crippen molar-refractivity contribution in [2.45, 2.75) is 13.1 Å². The van der Waals surface area contributed by atoms with Gasteiger partial charge in [0.25, 0.3) is 0 Å². The highest BCUT2D eigenvalue weighted by atomic mass is 35.5. The molecule has 1 N–H and O–H groups in total. The Morgan fingerprint density at radius 2 is 1.89 bits per heavy atom. The maximum absolute atomic E-state index is 12.8. The summed E-state index contributed by atoms with van der Waals surface area (Å²) in [5, 5.41) is 10.7. The van der Waals surface area contributed by atoms with Crippen molar-refractivity contribution in [2.75, 3.05) is 5.32 Å². The molecule has 0 aliphatic carbocycles. The molecule has 0 spiro atoms. The van der Waals surface area contributed by atoms with Gasteiger partial charge in [0.1, 0.15) is 5.15 Å². The van der Waals surface area contributed by atoms with Crippen LogP contribution in [0.3, 0.4) is 0 Å². The third-order valence-corrected chi connectivity index (χ3v) is 5.10. The van der Waals surface area contributed by atoms with Crippen LogP contribution in [0.4, 0.5) is 30.5 Å². The van der Waals surface area contributed by atoms with Crippen molar-refractivity contribution in [2.24, 2.45) is 10.2 Å². The molecule has 4 rings (SSSR count). The van der Waals surface area contributed by atoms with Crippen LogP contribution in [0.2, 0.25) is 5.15 Å². The topological polar surface area (TPSA) is 107 Å². The van der Waals surface area contributed by atoms with Crippen LogP contribution in [0.1, 0.15) is 21.5 Å². The Labute approximate surface area is 207 Å². The largest absolute Gasteiger partial charge is 0.416 e. The first-order valence-corrected chi connectivity index (χ1v) is 10.7. The third-order valence-electron chi connectivity index (χ3n) is 4.88. The Kier molecular flexibility index (Phi) is 7.14. The van der Waals surface area contributed by atoms with Crippen LogP contribution in [0.25, 0.3) is 11.3 Å². The van der Waals surface area contributed by atoms with Crippen molar-refractivity contribution in [3.8, 4) is 11.3 Å². The lowest BCUT2D eigenvalue weighted by molar-refractivity contribution is -0.137. The molecule has 0 radical (unpaired) electrons. The van der Waals surface area contributed by atoms with Gasteiger partial charge in [-0.2, -0.15) is 13.2 Å². The highest BCUT2D eigenvalue weighted by molar-refractivity contribution is 6.29. The molecule has 2 heterocycles. The van der Waals surface area contributed by atoms with E-state index in [2.05, 4.69) is 35.4 Å². The summed E-state index contributed by atoms with van der Waals surface area (Å²) >= 11 is 5.84. The standard InChI is InChI=1S/C24H16ClF3N7O/c1-14-5-7-18(33-35-34-22(36)15-3-2-4-17(11-15)24(26,27)28)12-20(14)32-23-29-10-9-19(31-23)16-6-8-21(25)30-13-16/h2-13H,1H3,(H,29,31,32)/q+1. The molecule has 0 aliphatic rings. The highest BCUT2D eigenvalue weighted by Gasteiger charge is 2.31. The fourth-order valence-electron chi connectivity index (χ4n) is 3.04. The molecule has 0 fully saturated rings. The van der Waals surface area contributed by atoms with Gasteiger partial charge in [0.2, 0.25) is 16.0 Å². The number of alkyl halides is 3. The fraction of sp³-hybridized carbons (Fsp3) is 0.0833. The van der Waals surface area contributed by atoms with Crippen LogP contribution in [-0.2, 0) is 6.18 Å². The van der Waals surface area contributed by atoms with E-state index >= 15 is 0 Å². The van der Waals surface area contributed by atoms with Crippen LogP contribution < -0.4 is 10.2 Å². The molecule has 0 unspecified atom stereocenters. The van der Waals surface area contributed by atoms with Crippen molar-refractivity contribution in [1.82, 2.24) is 19.9 Å². The van der Waals surface area contributed by atoms with E-state index in [4.69, 9.17) is 11.6 Å². The Bertz CT molecular complexity index is 1480. The number of nitrogens with zero attached hydrogens (tertiary/aromatic N) is 6. The molecular weight excluding hydrogens is 495 g/mol. The predicted octanol–water partition coefficient (Wildman–Crippen LogP) is 6.71. The maximum atomic E-state index is 12.8. The van der Waals surface area contributed by atoms with Crippen molar-refractivity contribution in [3.63, 3.8) is 0 Å². The lowest BCUT2D eigenvalue weighted by Gasteiger charge is -2.09. The van der Waals surface area contributed by atoms with Gasteiger partial charge in [-0.25, -0.2) is 15.0 Å². The molecule has 2 aromatic carbocycles. The number of aromatic nitrogens is 3. The van der Waals surface area contributed by atoms with Gasteiger partial charge in [-0.3, -0.25) is 4.79 Å². The molecule has 0 saturated carbocycles. The lowest BCUT2D eigenvalue weighted by atomic mass is 10.1. The van der Waals surface area contributed by atoms with Gasteiger partial charge in [-0.15, -0.1) is 0 Å². The number of anilines is 2. The second-order valence-electron chi connectivity index (χ2n) is 7.43. The van der Waals surface area contributed by atoms with E-state index in [9.17, 15) is 18.0 Å². The summed E-state index contributed by atoms with van der Waals surface area (Å²) in [5.41, 5.74) is 2.03. The molecule has 1 amide bonds. The first-order valence-electron chi connectivity index (χ1n) is 10.3. The lowest BCUT2D eigenvalue weighted by Crippen LogP contribution is -2.06. The molecule has 180 valence electrons. The average molecular weight is 511 g/mol. The maximum Gasteiger partial charge on any atom is 0.416 e. The summed E-state index contributed by atoms with van der Waals surface area (Å²) in [6, 6.07) is 14.2. The summed E-state index contributed by atoms with van der Waals surface area (Å²) in [7, 11) is 0. The van der Waals surface area contributed by atoms with Gasteiger partial charge < -0.3 is 5.32 Å². The van der Waals surface area contributed by atoms with Gasteiger partial charge in [0.15, 0.2) is 10.8 Å². The van der Waals surface area contributed by atoms with E-state index in [-0.39, 0.29) is 5.56 Å². The Hall–Kier alpha value is -4.47.